The molecule has 1 aromatic rings. The van der Waals surface area contributed by atoms with Crippen LogP contribution in [0.15, 0.2) is 22.8 Å². The summed E-state index contributed by atoms with van der Waals surface area (Å²) in [7, 11) is 3.06. The summed E-state index contributed by atoms with van der Waals surface area (Å²) in [5.41, 5.74) is 7.83. The minimum absolute atomic E-state index is 0.00533. The molecule has 4 rings (SSSR count). The van der Waals surface area contributed by atoms with Crippen molar-refractivity contribution in [1.29, 1.82) is 0 Å². The molecule has 2 heterocycles. The Morgan fingerprint density at radius 2 is 1.74 bits per heavy atom. The number of esters is 1. The first-order valence-electron chi connectivity index (χ1n) is 11.9. The minimum Gasteiger partial charge on any atom is -0.492 e. The molecule has 0 amide bonds. The maximum Gasteiger partial charge on any atom is 0.340 e. The number of methoxy groups -OCH3 is 2. The smallest absolute Gasteiger partial charge is 0.340 e. The number of Topliss-reactive ketones (excluding diaryl/α,β-unsaturated/α-hetero) is 1. The summed E-state index contributed by atoms with van der Waals surface area (Å²) >= 11 is 0. The van der Waals surface area contributed by atoms with Gasteiger partial charge < -0.3 is 34.2 Å². The lowest BCUT2D eigenvalue weighted by atomic mass is 9.69. The lowest BCUT2D eigenvalue weighted by Gasteiger charge is -2.38. The number of benzene rings is 1. The monoisotopic (exact) mass is 487 g/mol. The summed E-state index contributed by atoms with van der Waals surface area (Å²) in [6.07, 6.45) is 2.13. The Hall–Kier alpha value is -3.36. The molecule has 0 unspecified atom stereocenters. The van der Waals surface area contributed by atoms with Crippen LogP contribution in [0.3, 0.4) is 0 Å². The Morgan fingerprint density at radius 1 is 1.09 bits per heavy atom. The van der Waals surface area contributed by atoms with Crippen molar-refractivity contribution >= 4 is 11.8 Å². The van der Waals surface area contributed by atoms with E-state index in [1.165, 1.54) is 7.11 Å². The molecule has 0 bridgehead atoms. The first-order valence-corrected chi connectivity index (χ1v) is 11.9. The number of hydrogen-bond acceptors (Lipinski definition) is 9. The van der Waals surface area contributed by atoms with Crippen molar-refractivity contribution in [3.05, 3.63) is 33.9 Å². The number of carbonyl (C=O) groups is 2. The fourth-order valence-corrected chi connectivity index (χ4v) is 5.24. The second-order valence-corrected chi connectivity index (χ2v) is 9.58. The van der Waals surface area contributed by atoms with E-state index >= 15 is 0 Å². The summed E-state index contributed by atoms with van der Waals surface area (Å²) in [5.74, 6) is 0.378. The first kappa shape index (κ1) is 24.8. The van der Waals surface area contributed by atoms with Gasteiger partial charge in [-0.3, -0.25) is 4.79 Å². The molecule has 3 aliphatic rings. The predicted molar refractivity (Wildman–Crippen MR) is 126 cm³/mol. The van der Waals surface area contributed by atoms with E-state index in [1.807, 2.05) is 20.8 Å². The molecule has 0 fully saturated rings. The minimum atomic E-state index is -0.874. The van der Waals surface area contributed by atoms with E-state index in [9.17, 15) is 9.59 Å². The Balaban J connectivity index is 2.09. The molecule has 0 saturated heterocycles. The van der Waals surface area contributed by atoms with Gasteiger partial charge in [0, 0.05) is 29.5 Å². The van der Waals surface area contributed by atoms with Crippen LogP contribution in [-0.2, 0) is 25.5 Å². The lowest BCUT2D eigenvalue weighted by molar-refractivity contribution is -0.139. The Labute approximate surface area is 205 Å². The molecular formula is C26H33NO8. The second-order valence-electron chi connectivity index (χ2n) is 9.58. The number of ether oxygens (including phenoxy) is 6. The van der Waals surface area contributed by atoms with E-state index in [0.29, 0.717) is 59.2 Å². The van der Waals surface area contributed by atoms with E-state index < -0.39 is 11.9 Å². The quantitative estimate of drug-likeness (QED) is 0.572. The van der Waals surface area contributed by atoms with Crippen molar-refractivity contribution < 1.29 is 38.0 Å². The van der Waals surface area contributed by atoms with Gasteiger partial charge in [0.15, 0.2) is 17.3 Å². The van der Waals surface area contributed by atoms with Crippen molar-refractivity contribution in [2.75, 3.05) is 27.6 Å². The van der Waals surface area contributed by atoms with Crippen LogP contribution in [0.25, 0.3) is 0 Å². The third kappa shape index (κ3) is 4.06. The molecule has 9 heteroatoms. The van der Waals surface area contributed by atoms with Gasteiger partial charge in [0.05, 0.1) is 26.7 Å². The number of ketones is 1. The average Bonchev–Trinajstić information content (AvgIpc) is 3.26. The molecule has 0 saturated carbocycles. The number of fused-ring (bicyclic) bond motifs is 1. The van der Waals surface area contributed by atoms with Crippen LogP contribution < -0.4 is 24.7 Å². The summed E-state index contributed by atoms with van der Waals surface area (Å²) in [4.78, 5) is 26.9. The van der Waals surface area contributed by atoms with E-state index in [-0.39, 0.29) is 36.1 Å². The molecule has 2 N–H and O–H groups in total. The average molecular weight is 488 g/mol. The number of allylic oxidation sites excluding steroid dienone is 2. The number of carbonyl (C=O) groups excluding carboxylic acids is 2. The number of rotatable bonds is 7. The normalized spacial score (nSPS) is 20.4. The van der Waals surface area contributed by atoms with Crippen LogP contribution in [-0.4, -0.2) is 39.4 Å². The Bertz CT molecular complexity index is 1130. The zero-order chi connectivity index (χ0) is 25.5. The zero-order valence-electron chi connectivity index (χ0n) is 21.2. The van der Waals surface area contributed by atoms with Gasteiger partial charge >= 0.3 is 5.97 Å². The van der Waals surface area contributed by atoms with E-state index in [0.717, 1.165) is 12.0 Å². The maximum atomic E-state index is 13.6. The molecule has 0 spiro atoms. The van der Waals surface area contributed by atoms with Crippen molar-refractivity contribution in [3.8, 4) is 23.0 Å². The van der Waals surface area contributed by atoms with Gasteiger partial charge in [0.1, 0.15) is 11.3 Å². The highest BCUT2D eigenvalue weighted by atomic mass is 16.7. The largest absolute Gasteiger partial charge is 0.492 e. The van der Waals surface area contributed by atoms with Crippen LogP contribution in [0, 0.1) is 5.41 Å². The van der Waals surface area contributed by atoms with Gasteiger partial charge in [-0.1, -0.05) is 27.2 Å². The molecule has 1 aromatic carbocycles. The lowest BCUT2D eigenvalue weighted by Crippen LogP contribution is -2.36. The van der Waals surface area contributed by atoms with Crippen LogP contribution in [0.1, 0.15) is 64.0 Å². The fraction of sp³-hybridized carbons (Fsp3) is 0.538. The highest BCUT2D eigenvalue weighted by Gasteiger charge is 2.48. The van der Waals surface area contributed by atoms with Gasteiger partial charge in [-0.05, 0) is 18.8 Å². The third-order valence-corrected chi connectivity index (χ3v) is 6.52. The maximum absolute atomic E-state index is 13.6. The summed E-state index contributed by atoms with van der Waals surface area (Å²) < 4.78 is 34.4. The molecule has 0 radical (unpaired) electrons. The summed E-state index contributed by atoms with van der Waals surface area (Å²) in [6.45, 7) is 7.87. The van der Waals surface area contributed by atoms with Crippen molar-refractivity contribution in [3.63, 3.8) is 0 Å². The topological polar surface area (TPSA) is 116 Å². The van der Waals surface area contributed by atoms with E-state index in [1.54, 1.807) is 14.0 Å². The highest BCUT2D eigenvalue weighted by molar-refractivity contribution is 6.04. The molecule has 0 aromatic heterocycles. The van der Waals surface area contributed by atoms with Gasteiger partial charge in [-0.25, -0.2) is 4.79 Å². The predicted octanol–water partition coefficient (Wildman–Crippen LogP) is 3.88. The fourth-order valence-electron chi connectivity index (χ4n) is 5.24. The van der Waals surface area contributed by atoms with Gasteiger partial charge in [-0.15, -0.1) is 0 Å². The van der Waals surface area contributed by atoms with Crippen molar-refractivity contribution in [2.45, 2.75) is 59.3 Å². The summed E-state index contributed by atoms with van der Waals surface area (Å²) in [5, 5.41) is 0. The van der Waals surface area contributed by atoms with Crippen molar-refractivity contribution in [2.24, 2.45) is 11.1 Å². The molecule has 190 valence electrons. The first-order chi connectivity index (χ1) is 16.7. The van der Waals surface area contributed by atoms with Crippen LogP contribution in [0.4, 0.5) is 0 Å². The molecule has 35 heavy (non-hydrogen) atoms. The summed E-state index contributed by atoms with van der Waals surface area (Å²) in [6, 6.07) is 0. The molecule has 9 nitrogen and oxygen atoms in total. The molecule has 1 atom stereocenters. The molecule has 1 aliphatic carbocycles. The van der Waals surface area contributed by atoms with E-state index in [2.05, 4.69) is 0 Å². The zero-order valence-corrected chi connectivity index (χ0v) is 21.2. The number of hydrogen-bond donors (Lipinski definition) is 1. The second kappa shape index (κ2) is 9.36. The van der Waals surface area contributed by atoms with Crippen LogP contribution in [0.2, 0.25) is 0 Å². The van der Waals surface area contributed by atoms with Gasteiger partial charge in [-0.2, -0.15) is 0 Å². The molecular weight excluding hydrogens is 454 g/mol. The Kier molecular flexibility index (Phi) is 6.62. The van der Waals surface area contributed by atoms with E-state index in [4.69, 9.17) is 34.2 Å². The number of nitrogens with two attached hydrogens (primary N) is 1. The molecule has 2 aliphatic heterocycles. The van der Waals surface area contributed by atoms with Crippen LogP contribution in [0.5, 0.6) is 23.0 Å². The standard InChI is InChI=1S/C26H33NO8/c1-7-9-13-16(21(31-6)23-22(20(13)30-5)33-12-34-23)18-17-14(28)10-26(3,4)11-15(17)35-24(27)19(18)25(29)32-8-2/h18H,7-12,27H2,1-6H3/t18-/m1/s1. The van der Waals surface area contributed by atoms with Gasteiger partial charge in [0.2, 0.25) is 24.2 Å². The third-order valence-electron chi connectivity index (χ3n) is 6.52. The van der Waals surface area contributed by atoms with Crippen molar-refractivity contribution in [1.82, 2.24) is 0 Å². The highest BCUT2D eigenvalue weighted by Crippen LogP contribution is 2.58. The van der Waals surface area contributed by atoms with Crippen LogP contribution >= 0.6 is 0 Å². The Morgan fingerprint density at radius 3 is 2.34 bits per heavy atom. The SMILES string of the molecule is CCCc1c(OC)c2c(c(OC)c1[C@H]1C(C(=O)OCC)=C(N)OC3=C1C(=O)CC(C)(C)C3)OCO2. The van der Waals surface area contributed by atoms with Gasteiger partial charge in [0.25, 0.3) is 0 Å².